The van der Waals surface area contributed by atoms with Gasteiger partial charge in [0.2, 0.25) is 15.8 Å². The molecule has 3 aliphatic rings. The number of aliphatic hydroxyl groups excluding tert-OH is 2. The number of rotatable bonds is 19. The minimum absolute atomic E-state index is 0.0117. The number of benzene rings is 3. The van der Waals surface area contributed by atoms with Gasteiger partial charge in [-0.25, -0.2) is 8.42 Å². The van der Waals surface area contributed by atoms with Crippen LogP contribution in [0.4, 0.5) is 0 Å². The number of carbonyl (C=O) groups is 1. The van der Waals surface area contributed by atoms with Crippen molar-refractivity contribution in [2.45, 2.75) is 67.6 Å². The number of allylic oxidation sites excluding steroid dienone is 1. The normalized spacial score (nSPS) is 23.9. The first-order valence-electron chi connectivity index (χ1n) is 20.4. The van der Waals surface area contributed by atoms with E-state index < -0.39 is 27.8 Å². The summed E-state index contributed by atoms with van der Waals surface area (Å²) in [7, 11) is 0.259. The lowest BCUT2D eigenvalue weighted by molar-refractivity contribution is -0.250. The number of hydrogen-bond acceptors (Lipinski definition) is 12. The van der Waals surface area contributed by atoms with Crippen LogP contribution in [0, 0.1) is 17.8 Å². The highest BCUT2D eigenvalue weighted by Gasteiger charge is 2.65. The van der Waals surface area contributed by atoms with Gasteiger partial charge in [-0.1, -0.05) is 48.3 Å². The van der Waals surface area contributed by atoms with Crippen molar-refractivity contribution in [2.75, 3.05) is 41.1 Å². The van der Waals surface area contributed by atoms with Crippen molar-refractivity contribution in [2.24, 2.45) is 22.9 Å². The zero-order chi connectivity index (χ0) is 42.4. The Kier molecular flexibility index (Phi) is 13.4. The van der Waals surface area contributed by atoms with Crippen LogP contribution in [0.25, 0.3) is 10.9 Å². The van der Waals surface area contributed by atoms with Crippen molar-refractivity contribution in [3.8, 4) is 23.0 Å². The van der Waals surface area contributed by atoms with E-state index in [1.807, 2.05) is 24.3 Å². The molecule has 1 fully saturated rings. The molecular formula is C46H53N3O10S. The van der Waals surface area contributed by atoms with Crippen molar-refractivity contribution in [3.05, 3.63) is 108 Å². The van der Waals surface area contributed by atoms with Crippen molar-refractivity contribution >= 4 is 32.9 Å². The third-order valence-electron chi connectivity index (χ3n) is 12.1. The lowest BCUT2D eigenvalue weighted by Gasteiger charge is -2.59. The average molecular weight is 840 g/mol. The number of aromatic nitrogens is 1. The smallest absolute Gasteiger partial charge is 0.245 e. The number of carbonyl (C=O) groups excluding carboxylic acids is 1. The van der Waals surface area contributed by atoms with Crippen LogP contribution in [0.1, 0.15) is 66.8 Å². The fourth-order valence-corrected chi connectivity index (χ4v) is 11.0. The van der Waals surface area contributed by atoms with E-state index in [4.69, 9.17) is 23.8 Å². The van der Waals surface area contributed by atoms with Crippen LogP contribution in [0.2, 0.25) is 0 Å². The molecule has 0 unspecified atom stereocenters. The lowest BCUT2D eigenvalue weighted by atomic mass is 9.55. The molecule has 0 radical (unpaired) electrons. The zero-order valence-electron chi connectivity index (χ0n) is 34.2. The molecule has 0 amide bonds. The van der Waals surface area contributed by atoms with E-state index in [2.05, 4.69) is 22.8 Å². The number of hydrogen-bond donors (Lipinski definition) is 2. The average Bonchev–Trinajstić information content (AvgIpc) is 3.26. The predicted molar refractivity (Wildman–Crippen MR) is 227 cm³/mol. The number of aldehydes is 1. The standard InChI is InChI=1S/C46H53N3O10S/c1-5-24-57-46-42(49(2)60(53,54)41-16-10-13-30-14-11-21-47-45(30)41)28-38(48-56-4)36-26-31(12-6-8-22-50)35(15-7-9-23-51)43(44(36)46)37-27-34(18-20-40(37)59-46)58-33-17-19-39(55-3)32(25-33)29-52/h5,10-11,13-14,16-21,25-27,29,31,35,42-44,50-51H,1,6-9,12,15,22-24,28H2,2-4H3/t31-,35+,42-,43+,44+,46+/m0/s1. The molecule has 0 bridgehead atoms. The van der Waals surface area contributed by atoms with Crippen LogP contribution in [0.5, 0.6) is 23.0 Å². The first kappa shape index (κ1) is 43.0. The molecule has 1 aromatic heterocycles. The Balaban J connectivity index is 1.44. The third kappa shape index (κ3) is 8.06. The number of pyridine rings is 1. The van der Waals surface area contributed by atoms with E-state index in [0.29, 0.717) is 64.3 Å². The number of oxime groups is 1. The van der Waals surface area contributed by atoms with Gasteiger partial charge in [0, 0.05) is 49.7 Å². The lowest BCUT2D eigenvalue weighted by Crippen LogP contribution is -2.69. The van der Waals surface area contributed by atoms with E-state index in [1.165, 1.54) is 18.5 Å². The molecule has 2 heterocycles. The van der Waals surface area contributed by atoms with Crippen LogP contribution in [-0.2, 0) is 19.6 Å². The van der Waals surface area contributed by atoms with E-state index in [0.717, 1.165) is 36.8 Å². The number of nitrogens with zero attached hydrogens (tertiary/aromatic N) is 3. The summed E-state index contributed by atoms with van der Waals surface area (Å²) in [6, 6.07) is 18.3. The van der Waals surface area contributed by atoms with E-state index in [-0.39, 0.29) is 48.9 Å². The molecule has 0 saturated heterocycles. The van der Waals surface area contributed by atoms with Crippen molar-refractivity contribution in [1.82, 2.24) is 9.29 Å². The van der Waals surface area contributed by atoms with Crippen molar-refractivity contribution in [1.29, 1.82) is 0 Å². The molecule has 1 aliphatic heterocycles. The Bertz CT molecular complexity index is 2360. The van der Waals surface area contributed by atoms with Crippen LogP contribution in [-0.4, -0.2) is 92.8 Å². The van der Waals surface area contributed by atoms with Gasteiger partial charge in [0.1, 0.15) is 35.0 Å². The highest BCUT2D eigenvalue weighted by atomic mass is 32.2. The number of sulfonamides is 1. The summed E-state index contributed by atoms with van der Waals surface area (Å²) in [5.74, 6) is -0.682. The maximum Gasteiger partial charge on any atom is 0.245 e. The molecule has 60 heavy (non-hydrogen) atoms. The molecule has 1 saturated carbocycles. The molecule has 2 aliphatic carbocycles. The van der Waals surface area contributed by atoms with Crippen molar-refractivity contribution < 1.29 is 47.2 Å². The van der Waals surface area contributed by atoms with Crippen molar-refractivity contribution in [3.63, 3.8) is 0 Å². The van der Waals surface area contributed by atoms with Gasteiger partial charge in [0.05, 0.1) is 42.5 Å². The monoisotopic (exact) mass is 839 g/mol. The minimum atomic E-state index is -4.26. The molecule has 0 spiro atoms. The van der Waals surface area contributed by atoms with Crippen LogP contribution in [0.15, 0.2) is 107 Å². The first-order chi connectivity index (χ1) is 29.1. The summed E-state index contributed by atoms with van der Waals surface area (Å²) < 4.78 is 57.2. The minimum Gasteiger partial charge on any atom is -0.496 e. The van der Waals surface area contributed by atoms with Gasteiger partial charge in [0.25, 0.3) is 0 Å². The zero-order valence-corrected chi connectivity index (χ0v) is 35.1. The number of methoxy groups -OCH3 is 1. The van der Waals surface area contributed by atoms with Crippen LogP contribution < -0.4 is 14.2 Å². The topological polar surface area (TPSA) is 166 Å². The molecule has 2 N–H and O–H groups in total. The highest BCUT2D eigenvalue weighted by molar-refractivity contribution is 7.89. The Hall–Kier alpha value is -5.12. The fourth-order valence-electron chi connectivity index (χ4n) is 9.49. The van der Waals surface area contributed by atoms with E-state index >= 15 is 8.42 Å². The number of ether oxygens (including phenoxy) is 4. The quantitative estimate of drug-likeness (QED) is 0.0417. The Labute approximate surface area is 351 Å². The molecule has 3 aromatic carbocycles. The van der Waals surface area contributed by atoms with Crippen LogP contribution >= 0.6 is 0 Å². The Morgan fingerprint density at radius 2 is 1.75 bits per heavy atom. The molecule has 13 nitrogen and oxygen atoms in total. The summed E-state index contributed by atoms with van der Waals surface area (Å²) in [5.41, 5.74) is 2.95. The molecule has 318 valence electrons. The molecule has 6 atom stereocenters. The Morgan fingerprint density at radius 1 is 1.00 bits per heavy atom. The summed E-state index contributed by atoms with van der Waals surface area (Å²) >= 11 is 0. The second-order valence-electron chi connectivity index (χ2n) is 15.4. The van der Waals surface area contributed by atoms with Gasteiger partial charge in [-0.3, -0.25) is 9.78 Å². The molecule has 4 aromatic rings. The number of unbranched alkanes of at least 4 members (excludes halogenated alkanes) is 2. The molecule has 7 rings (SSSR count). The maximum atomic E-state index is 15.0. The highest BCUT2D eigenvalue weighted by Crippen LogP contribution is 2.62. The SMILES string of the molecule is C=CCO[C@@]12Oc3ccc(Oc4ccc(OC)c(C=O)c4)cc3[C@H]3[C@H](CCCCO)[C@@H](CCCCO)C=C(C(=NOC)C[C@@H]1N(C)S(=O)(=O)c1cccc4cccnc14)[C@H]32. The van der Waals surface area contributed by atoms with E-state index in [1.54, 1.807) is 61.8 Å². The van der Waals surface area contributed by atoms with Gasteiger partial charge in [-0.2, -0.15) is 4.31 Å². The third-order valence-corrected chi connectivity index (χ3v) is 14.0. The molecule has 14 heteroatoms. The summed E-state index contributed by atoms with van der Waals surface area (Å²) in [5, 5.41) is 25.0. The van der Waals surface area contributed by atoms with Gasteiger partial charge in [-0.15, -0.1) is 6.58 Å². The van der Waals surface area contributed by atoms with Gasteiger partial charge < -0.3 is 34.0 Å². The number of aliphatic hydroxyl groups is 2. The number of fused-ring (bicyclic) bond motifs is 3. The van der Waals surface area contributed by atoms with E-state index in [9.17, 15) is 15.0 Å². The van der Waals surface area contributed by atoms with Gasteiger partial charge in [-0.05, 0) is 91.6 Å². The van der Waals surface area contributed by atoms with Crippen LogP contribution in [0.3, 0.4) is 0 Å². The van der Waals surface area contributed by atoms with Gasteiger partial charge in [0.15, 0.2) is 6.29 Å². The Morgan fingerprint density at radius 3 is 2.48 bits per heavy atom. The fraction of sp³-hybridized carbons (Fsp3) is 0.413. The summed E-state index contributed by atoms with van der Waals surface area (Å²) in [6.45, 7) is 4.13. The summed E-state index contributed by atoms with van der Waals surface area (Å²) in [6.07, 6.45) is 10.5. The maximum absolute atomic E-state index is 15.0. The largest absolute Gasteiger partial charge is 0.496 e. The summed E-state index contributed by atoms with van der Waals surface area (Å²) in [4.78, 5) is 21.9. The van der Waals surface area contributed by atoms with Gasteiger partial charge >= 0.3 is 0 Å². The number of likely N-dealkylation sites (N-methyl/N-ethyl adjacent to an activating group) is 1. The molecular weight excluding hydrogens is 787 g/mol. The second-order valence-corrected chi connectivity index (χ2v) is 17.4. The first-order valence-corrected chi connectivity index (χ1v) is 21.8. The predicted octanol–water partition coefficient (Wildman–Crippen LogP) is 7.43. The second kappa shape index (κ2) is 18.7. The number of para-hydroxylation sites is 1.